The second-order valence-corrected chi connectivity index (χ2v) is 11.1. The SMILES string of the molecule is C[Si](C)(O)O.C[Si](O)(O)O.NCCC[Si](O)(O)O. The minimum absolute atomic E-state index is 0.0451. The van der Waals surface area contributed by atoms with Gasteiger partial charge in [-0.25, -0.2) is 0 Å². The Balaban J connectivity index is -0.000000197. The molecule has 114 valence electrons. The molecule has 0 rings (SSSR count). The average Bonchev–Trinajstić information content (AvgIpc) is 1.92. The van der Waals surface area contributed by atoms with Crippen LogP contribution in [0.5, 0.6) is 0 Å². The van der Waals surface area contributed by atoms with E-state index in [-0.39, 0.29) is 6.04 Å². The lowest BCUT2D eigenvalue weighted by atomic mass is 10.5. The third-order valence-electron chi connectivity index (χ3n) is 0.716. The van der Waals surface area contributed by atoms with E-state index in [1.807, 2.05) is 0 Å². The van der Waals surface area contributed by atoms with Gasteiger partial charge in [-0.2, -0.15) is 0 Å². The van der Waals surface area contributed by atoms with Crippen molar-refractivity contribution in [3.05, 3.63) is 0 Å². The van der Waals surface area contributed by atoms with Crippen LogP contribution in [0.1, 0.15) is 6.42 Å². The molecule has 0 aliphatic rings. The van der Waals surface area contributed by atoms with Gasteiger partial charge in [-0.1, -0.05) is 0 Å². The van der Waals surface area contributed by atoms with Gasteiger partial charge in [-0.05, 0) is 26.1 Å². The molecule has 0 bridgehead atoms. The summed E-state index contributed by atoms with van der Waals surface area (Å²) in [7, 11) is -9.98. The van der Waals surface area contributed by atoms with Gasteiger partial charge in [0.25, 0.3) is 0 Å². The molecule has 0 aromatic carbocycles. The Labute approximate surface area is 109 Å². The molecule has 0 saturated heterocycles. The normalized spacial score (nSPS) is 12.0. The summed E-state index contributed by atoms with van der Waals surface area (Å²) in [6.45, 7) is 4.25. The summed E-state index contributed by atoms with van der Waals surface area (Å²) in [5, 5.41) is 0. The van der Waals surface area contributed by atoms with Crippen molar-refractivity contribution in [1.29, 1.82) is 0 Å². The van der Waals surface area contributed by atoms with Gasteiger partial charge in [0, 0.05) is 12.6 Å². The van der Waals surface area contributed by atoms with E-state index in [0.29, 0.717) is 13.0 Å². The largest absolute Gasteiger partial charge is 0.492 e. The van der Waals surface area contributed by atoms with E-state index >= 15 is 0 Å². The molecule has 0 amide bonds. The van der Waals surface area contributed by atoms with E-state index in [2.05, 4.69) is 0 Å². The lowest BCUT2D eigenvalue weighted by molar-refractivity contribution is 0.226. The van der Waals surface area contributed by atoms with Crippen molar-refractivity contribution in [2.75, 3.05) is 6.54 Å². The van der Waals surface area contributed by atoms with E-state index in [4.69, 9.17) is 44.1 Å². The van der Waals surface area contributed by atoms with Crippen LogP contribution in [-0.4, -0.2) is 71.1 Å². The number of nitrogens with two attached hydrogens (primary N) is 1. The number of rotatable bonds is 3. The molecular formula is C6H25NO8Si3. The van der Waals surface area contributed by atoms with Gasteiger partial charge in [0.15, 0.2) is 0 Å². The van der Waals surface area contributed by atoms with E-state index < -0.39 is 26.2 Å². The Morgan fingerprint density at radius 1 is 0.778 bits per heavy atom. The van der Waals surface area contributed by atoms with E-state index in [1.54, 1.807) is 0 Å². The van der Waals surface area contributed by atoms with Crippen LogP contribution in [0.2, 0.25) is 25.7 Å². The third-order valence-corrected chi connectivity index (χ3v) is 1.74. The van der Waals surface area contributed by atoms with Gasteiger partial charge < -0.3 is 44.1 Å². The standard InChI is InChI=1S/C3H11NO3Si.C2H8O2Si.CH6O3Si/c4-2-1-3-8(5,6)7;2*1-5(2,3)4/h5-7H,1-4H2;3-4H,1-2H3;2-4H,1H3. The molecule has 0 aliphatic carbocycles. The van der Waals surface area contributed by atoms with Gasteiger partial charge in [0.05, 0.1) is 0 Å². The summed E-state index contributed by atoms with van der Waals surface area (Å²) >= 11 is 0. The molecule has 0 atom stereocenters. The minimum atomic E-state index is -3.76. The van der Waals surface area contributed by atoms with Crippen LogP contribution in [0.3, 0.4) is 0 Å². The third kappa shape index (κ3) is 136. The summed E-state index contributed by atoms with van der Waals surface area (Å²) in [6, 6.07) is 0.0451. The minimum Gasteiger partial charge on any atom is -0.411 e. The summed E-state index contributed by atoms with van der Waals surface area (Å²) in [4.78, 5) is 64.8. The number of hydrogen-bond donors (Lipinski definition) is 9. The van der Waals surface area contributed by atoms with Crippen molar-refractivity contribution in [3.8, 4) is 0 Å². The Morgan fingerprint density at radius 2 is 1.00 bits per heavy atom. The molecule has 0 radical (unpaired) electrons. The maximum atomic E-state index is 8.34. The smallest absolute Gasteiger partial charge is 0.411 e. The van der Waals surface area contributed by atoms with Crippen LogP contribution >= 0.6 is 0 Å². The zero-order valence-electron chi connectivity index (χ0n) is 10.8. The van der Waals surface area contributed by atoms with Crippen LogP contribution in [0.25, 0.3) is 0 Å². The molecule has 10 N–H and O–H groups in total. The fourth-order valence-corrected chi connectivity index (χ4v) is 1.02. The van der Waals surface area contributed by atoms with Crippen LogP contribution in [0, 0.1) is 0 Å². The first-order valence-electron chi connectivity index (χ1n) is 5.05. The Bertz CT molecular complexity index is 163. The van der Waals surface area contributed by atoms with Crippen LogP contribution in [-0.2, 0) is 0 Å². The molecule has 0 unspecified atom stereocenters. The molecule has 0 saturated carbocycles. The van der Waals surface area contributed by atoms with Crippen molar-refractivity contribution in [2.24, 2.45) is 5.73 Å². The fourth-order valence-electron chi connectivity index (χ4n) is 0.339. The highest BCUT2D eigenvalue weighted by atomic mass is 28.4. The first kappa shape index (κ1) is 23.4. The van der Waals surface area contributed by atoms with Crippen molar-refractivity contribution in [3.63, 3.8) is 0 Å². The van der Waals surface area contributed by atoms with E-state index in [1.165, 1.54) is 13.1 Å². The molecular weight excluding hydrogens is 298 g/mol. The monoisotopic (exact) mass is 323 g/mol. The zero-order chi connectivity index (χ0) is 15.6. The summed E-state index contributed by atoms with van der Waals surface area (Å²) < 4.78 is 0. The molecule has 9 nitrogen and oxygen atoms in total. The Kier molecular flexibility index (Phi) is 13.2. The lowest BCUT2D eigenvalue weighted by Crippen LogP contribution is -2.34. The van der Waals surface area contributed by atoms with Gasteiger partial charge in [-0.15, -0.1) is 0 Å². The van der Waals surface area contributed by atoms with E-state index in [9.17, 15) is 0 Å². The Morgan fingerprint density at radius 3 is 1.06 bits per heavy atom. The second kappa shape index (κ2) is 10.1. The van der Waals surface area contributed by atoms with Gasteiger partial charge in [0.2, 0.25) is 0 Å². The average molecular weight is 324 g/mol. The van der Waals surface area contributed by atoms with Crippen molar-refractivity contribution in [1.82, 2.24) is 0 Å². The van der Waals surface area contributed by atoms with Crippen LogP contribution in [0.15, 0.2) is 0 Å². The van der Waals surface area contributed by atoms with Crippen LogP contribution in [0.4, 0.5) is 0 Å². The molecule has 12 heteroatoms. The fraction of sp³-hybridized carbons (Fsp3) is 1.00. The predicted octanol–water partition coefficient (Wildman–Crippen LogP) is -3.54. The predicted molar refractivity (Wildman–Crippen MR) is 71.1 cm³/mol. The second-order valence-electron chi connectivity index (χ2n) is 4.13. The maximum Gasteiger partial charge on any atom is 0.492 e. The quantitative estimate of drug-likeness (QED) is 0.237. The molecule has 0 fully saturated rings. The lowest BCUT2D eigenvalue weighted by Gasteiger charge is -2.06. The first-order chi connectivity index (χ1) is 7.56. The van der Waals surface area contributed by atoms with Gasteiger partial charge in [0.1, 0.15) is 0 Å². The zero-order valence-corrected chi connectivity index (χ0v) is 13.8. The number of hydrogen-bond acceptors (Lipinski definition) is 9. The molecule has 0 aliphatic heterocycles. The molecule has 18 heavy (non-hydrogen) atoms. The molecule has 0 spiro atoms. The highest BCUT2D eigenvalue weighted by molar-refractivity contribution is 6.61. The molecule has 0 aromatic rings. The topological polar surface area (TPSA) is 188 Å². The van der Waals surface area contributed by atoms with Gasteiger partial charge >= 0.3 is 26.2 Å². The van der Waals surface area contributed by atoms with E-state index in [0.717, 1.165) is 6.55 Å². The van der Waals surface area contributed by atoms with Gasteiger partial charge in [-0.3, -0.25) is 0 Å². The summed E-state index contributed by atoms with van der Waals surface area (Å²) in [5.74, 6) is 0. The van der Waals surface area contributed by atoms with Crippen molar-refractivity contribution < 1.29 is 38.4 Å². The van der Waals surface area contributed by atoms with Crippen LogP contribution < -0.4 is 5.73 Å². The molecule has 0 aromatic heterocycles. The highest BCUT2D eigenvalue weighted by Gasteiger charge is 2.24. The van der Waals surface area contributed by atoms with Crippen molar-refractivity contribution >= 4 is 26.2 Å². The summed E-state index contributed by atoms with van der Waals surface area (Å²) in [5.41, 5.74) is 5.02. The highest BCUT2D eigenvalue weighted by Crippen LogP contribution is 1.97. The van der Waals surface area contributed by atoms with Crippen molar-refractivity contribution in [2.45, 2.75) is 32.1 Å². The summed E-state index contributed by atoms with van der Waals surface area (Å²) in [6.07, 6.45) is 0.468. The first-order valence-corrected chi connectivity index (χ1v) is 12.3. The maximum absolute atomic E-state index is 8.34. The molecule has 0 heterocycles. The Hall–Kier alpha value is 0.291.